The molecule has 0 aliphatic rings. The van der Waals surface area contributed by atoms with Crippen LogP contribution >= 0.6 is 11.8 Å². The Morgan fingerprint density at radius 2 is 1.87 bits per heavy atom. The quantitative estimate of drug-likeness (QED) is 0.714. The number of rotatable bonds is 8. The fourth-order valence-electron chi connectivity index (χ4n) is 1.76. The molecule has 1 rings (SSSR count). The molecule has 1 aromatic rings. The second kappa shape index (κ2) is 8.60. The molecule has 5 nitrogen and oxygen atoms in total. The molecule has 1 atom stereocenters. The molecule has 1 aromatic carbocycles. The third-order valence-corrected chi connectivity index (χ3v) is 4.90. The normalized spacial score (nSPS) is 13.1. The highest BCUT2D eigenvalue weighted by Gasteiger charge is 2.31. The van der Waals surface area contributed by atoms with Gasteiger partial charge in [0.05, 0.1) is 6.10 Å². The van der Waals surface area contributed by atoms with Crippen molar-refractivity contribution < 1.29 is 26.7 Å². The van der Waals surface area contributed by atoms with Crippen LogP contribution in [-0.2, 0) is 19.6 Å². The Labute approximate surface area is 138 Å². The Balaban J connectivity index is 3.07. The minimum absolute atomic E-state index is 0.141. The number of nitrogens with one attached hydrogen (secondary N) is 1. The highest BCUT2D eigenvalue weighted by Crippen LogP contribution is 2.19. The van der Waals surface area contributed by atoms with E-state index >= 15 is 0 Å². The van der Waals surface area contributed by atoms with Crippen LogP contribution in [0.15, 0.2) is 23.1 Å². The van der Waals surface area contributed by atoms with E-state index in [-0.39, 0.29) is 6.42 Å². The van der Waals surface area contributed by atoms with E-state index in [1.165, 1.54) is 11.8 Å². The lowest BCUT2D eigenvalue weighted by Crippen LogP contribution is -2.43. The average Bonchev–Trinajstić information content (AvgIpc) is 2.42. The van der Waals surface area contributed by atoms with Gasteiger partial charge in [0.2, 0.25) is 10.0 Å². The summed E-state index contributed by atoms with van der Waals surface area (Å²) in [5.74, 6) is -2.76. The van der Waals surface area contributed by atoms with Crippen LogP contribution in [0, 0.1) is 11.6 Å². The molecular formula is C14H19F2NO4S2. The lowest BCUT2D eigenvalue weighted by atomic mass is 10.2. The molecule has 0 bridgehead atoms. The molecule has 9 heteroatoms. The van der Waals surface area contributed by atoms with Gasteiger partial charge in [-0.15, -0.1) is 0 Å². The van der Waals surface area contributed by atoms with E-state index in [2.05, 4.69) is 0 Å². The first-order valence-corrected chi connectivity index (χ1v) is 9.72. The van der Waals surface area contributed by atoms with Crippen LogP contribution in [0.2, 0.25) is 0 Å². The van der Waals surface area contributed by atoms with Crippen molar-refractivity contribution in [2.45, 2.75) is 37.3 Å². The number of carbonyl (C=O) groups is 1. The van der Waals surface area contributed by atoms with E-state index in [9.17, 15) is 22.0 Å². The molecule has 0 aliphatic carbocycles. The molecule has 0 aliphatic heterocycles. The molecule has 0 radical (unpaired) electrons. The molecule has 0 spiro atoms. The molecule has 0 saturated carbocycles. The van der Waals surface area contributed by atoms with Crippen molar-refractivity contribution in [2.24, 2.45) is 0 Å². The van der Waals surface area contributed by atoms with Crippen molar-refractivity contribution in [3.8, 4) is 0 Å². The van der Waals surface area contributed by atoms with E-state index in [0.29, 0.717) is 5.75 Å². The molecule has 130 valence electrons. The van der Waals surface area contributed by atoms with E-state index < -0.39 is 44.7 Å². The van der Waals surface area contributed by atoms with Crippen LogP contribution in [-0.4, -0.2) is 38.5 Å². The van der Waals surface area contributed by atoms with Crippen LogP contribution in [0.25, 0.3) is 0 Å². The summed E-state index contributed by atoms with van der Waals surface area (Å²) < 4.78 is 58.8. The number of esters is 1. The Kier molecular flexibility index (Phi) is 7.43. The third-order valence-electron chi connectivity index (χ3n) is 2.73. The number of carbonyl (C=O) groups excluding carboxylic acids is 1. The number of halogens is 2. The monoisotopic (exact) mass is 367 g/mol. The second-order valence-corrected chi connectivity index (χ2v) is 7.63. The number of hydrogen-bond donors (Lipinski definition) is 1. The third kappa shape index (κ3) is 5.74. The lowest BCUT2D eigenvalue weighted by molar-refractivity contribution is -0.149. The molecule has 0 fully saturated rings. The fraction of sp³-hybridized carbons (Fsp3) is 0.500. The van der Waals surface area contributed by atoms with Crippen molar-refractivity contribution in [2.75, 3.05) is 12.0 Å². The highest BCUT2D eigenvalue weighted by atomic mass is 32.2. The van der Waals surface area contributed by atoms with Crippen molar-refractivity contribution in [3.63, 3.8) is 0 Å². The molecular weight excluding hydrogens is 348 g/mol. The van der Waals surface area contributed by atoms with Crippen molar-refractivity contribution in [1.82, 2.24) is 4.72 Å². The largest absolute Gasteiger partial charge is 0.462 e. The molecule has 0 saturated heterocycles. The predicted octanol–water partition coefficient (Wildman–Crippen LogP) is 2.32. The minimum Gasteiger partial charge on any atom is -0.462 e. The van der Waals surface area contributed by atoms with Crippen LogP contribution in [0.5, 0.6) is 0 Å². The molecule has 0 heterocycles. The predicted molar refractivity (Wildman–Crippen MR) is 84.7 cm³/mol. The van der Waals surface area contributed by atoms with Gasteiger partial charge < -0.3 is 4.74 Å². The van der Waals surface area contributed by atoms with E-state index in [1.807, 2.05) is 4.72 Å². The van der Waals surface area contributed by atoms with Gasteiger partial charge in [-0.25, -0.2) is 17.2 Å². The summed E-state index contributed by atoms with van der Waals surface area (Å²) in [6, 6.07) is 1.51. The molecule has 23 heavy (non-hydrogen) atoms. The number of sulfonamides is 1. The number of benzene rings is 1. The van der Waals surface area contributed by atoms with Gasteiger partial charge in [-0.2, -0.15) is 16.5 Å². The Bertz CT molecular complexity index is 630. The van der Waals surface area contributed by atoms with E-state index in [4.69, 9.17) is 4.74 Å². The first-order valence-electron chi connectivity index (χ1n) is 6.84. The first-order chi connectivity index (χ1) is 10.7. The summed E-state index contributed by atoms with van der Waals surface area (Å²) in [6.07, 6.45) is 1.49. The molecule has 1 unspecified atom stereocenters. The van der Waals surface area contributed by atoms with Crippen molar-refractivity contribution >= 4 is 27.8 Å². The van der Waals surface area contributed by atoms with Gasteiger partial charge in [0.15, 0.2) is 4.90 Å². The second-order valence-electron chi connectivity index (χ2n) is 4.99. The molecule has 0 amide bonds. The number of thioether (sulfide) groups is 1. The van der Waals surface area contributed by atoms with Gasteiger partial charge in [0, 0.05) is 0 Å². The zero-order valence-electron chi connectivity index (χ0n) is 13.0. The Morgan fingerprint density at radius 3 is 2.35 bits per heavy atom. The highest BCUT2D eigenvalue weighted by molar-refractivity contribution is 7.98. The smallest absolute Gasteiger partial charge is 0.324 e. The summed E-state index contributed by atoms with van der Waals surface area (Å²) in [4.78, 5) is 10.9. The Morgan fingerprint density at radius 1 is 1.30 bits per heavy atom. The number of ether oxygens (including phenoxy) is 1. The van der Waals surface area contributed by atoms with Gasteiger partial charge in [0.25, 0.3) is 0 Å². The molecule has 0 aromatic heterocycles. The summed E-state index contributed by atoms with van der Waals surface area (Å²) in [6.45, 7) is 3.24. The van der Waals surface area contributed by atoms with Crippen LogP contribution < -0.4 is 4.72 Å². The standard InChI is InChI=1S/C14H19F2NO4S2/c1-9(2)21-14(18)12(7-8-22-3)17-23(19,20)13-10(15)5-4-6-11(13)16/h4-6,9,12,17H,7-8H2,1-3H3. The maximum absolute atomic E-state index is 13.7. The lowest BCUT2D eigenvalue weighted by Gasteiger charge is -2.19. The van der Waals surface area contributed by atoms with Crippen LogP contribution in [0.1, 0.15) is 20.3 Å². The van der Waals surface area contributed by atoms with Gasteiger partial charge in [-0.1, -0.05) is 6.07 Å². The van der Waals surface area contributed by atoms with Crippen molar-refractivity contribution in [1.29, 1.82) is 0 Å². The maximum Gasteiger partial charge on any atom is 0.324 e. The SMILES string of the molecule is CSCCC(NS(=O)(=O)c1c(F)cccc1F)C(=O)OC(C)C. The van der Waals surface area contributed by atoms with Gasteiger partial charge >= 0.3 is 5.97 Å². The summed E-state index contributed by atoms with van der Waals surface area (Å²) in [7, 11) is -4.54. The summed E-state index contributed by atoms with van der Waals surface area (Å²) in [5.41, 5.74) is 0. The fourth-order valence-corrected chi connectivity index (χ4v) is 3.59. The molecule has 1 N–H and O–H groups in total. The summed E-state index contributed by atoms with van der Waals surface area (Å²) in [5, 5.41) is 0. The van der Waals surface area contributed by atoms with E-state index in [0.717, 1.165) is 18.2 Å². The Hall–Kier alpha value is -1.19. The van der Waals surface area contributed by atoms with Crippen LogP contribution in [0.4, 0.5) is 8.78 Å². The van der Waals surface area contributed by atoms with Gasteiger partial charge in [0.1, 0.15) is 17.7 Å². The number of hydrogen-bond acceptors (Lipinski definition) is 5. The van der Waals surface area contributed by atoms with Crippen molar-refractivity contribution in [3.05, 3.63) is 29.8 Å². The maximum atomic E-state index is 13.7. The summed E-state index contributed by atoms with van der Waals surface area (Å²) >= 11 is 1.40. The van der Waals surface area contributed by atoms with E-state index in [1.54, 1.807) is 20.1 Å². The zero-order valence-corrected chi connectivity index (χ0v) is 14.6. The zero-order chi connectivity index (χ0) is 17.6. The average molecular weight is 367 g/mol. The van der Waals surface area contributed by atoms with Gasteiger partial charge in [-0.05, 0) is 44.4 Å². The topological polar surface area (TPSA) is 72.5 Å². The van der Waals surface area contributed by atoms with Gasteiger partial charge in [-0.3, -0.25) is 4.79 Å². The van der Waals surface area contributed by atoms with Crippen LogP contribution in [0.3, 0.4) is 0 Å². The first kappa shape index (κ1) is 19.9. The minimum atomic E-state index is -4.54.